The lowest BCUT2D eigenvalue weighted by Crippen LogP contribution is -2.13. The Kier molecular flexibility index (Phi) is 3.43. The molecule has 0 atom stereocenters. The molecule has 1 amide bonds. The summed E-state index contributed by atoms with van der Waals surface area (Å²) >= 11 is 5.78. The van der Waals surface area contributed by atoms with E-state index in [4.69, 9.17) is 17.3 Å². The lowest BCUT2D eigenvalue weighted by atomic mass is 10.2. The van der Waals surface area contributed by atoms with Gasteiger partial charge in [0.2, 0.25) is 0 Å². The van der Waals surface area contributed by atoms with E-state index in [2.05, 4.69) is 15.3 Å². The fourth-order valence-electron chi connectivity index (χ4n) is 1.46. The molecule has 1 heterocycles. The van der Waals surface area contributed by atoms with Crippen molar-refractivity contribution in [3.63, 3.8) is 0 Å². The van der Waals surface area contributed by atoms with Crippen LogP contribution in [0.2, 0.25) is 5.15 Å². The van der Waals surface area contributed by atoms with Crippen molar-refractivity contribution in [3.05, 3.63) is 46.9 Å². The molecule has 0 unspecified atom stereocenters. The van der Waals surface area contributed by atoms with Crippen molar-refractivity contribution >= 4 is 29.0 Å². The first-order valence-corrected chi connectivity index (χ1v) is 5.60. The number of amides is 1. The summed E-state index contributed by atoms with van der Waals surface area (Å²) < 4.78 is 0. The number of hydrogen-bond donors (Lipinski definition) is 2. The molecule has 0 aliphatic carbocycles. The third-order valence-corrected chi connectivity index (χ3v) is 2.39. The van der Waals surface area contributed by atoms with E-state index in [1.807, 2.05) is 0 Å². The number of aryl methyl sites for hydroxylation is 1. The van der Waals surface area contributed by atoms with Gasteiger partial charge in [-0.15, -0.1) is 0 Å². The third-order valence-electron chi connectivity index (χ3n) is 2.20. The summed E-state index contributed by atoms with van der Waals surface area (Å²) in [7, 11) is 0. The number of benzene rings is 1. The molecule has 0 saturated carbocycles. The minimum absolute atomic E-state index is 0.283. The second-order valence-corrected chi connectivity index (χ2v) is 4.09. The molecule has 0 aliphatic heterocycles. The van der Waals surface area contributed by atoms with Crippen LogP contribution in [0.5, 0.6) is 0 Å². The second kappa shape index (κ2) is 5.01. The van der Waals surface area contributed by atoms with Gasteiger partial charge in [0.15, 0.2) is 0 Å². The van der Waals surface area contributed by atoms with E-state index in [1.54, 1.807) is 31.2 Å². The molecule has 6 heteroatoms. The van der Waals surface area contributed by atoms with Gasteiger partial charge in [-0.3, -0.25) is 4.79 Å². The van der Waals surface area contributed by atoms with Gasteiger partial charge in [-0.05, 0) is 25.1 Å². The maximum Gasteiger partial charge on any atom is 0.256 e. The number of hydrogen-bond acceptors (Lipinski definition) is 4. The van der Waals surface area contributed by atoms with Crippen LogP contribution in [0.4, 0.5) is 11.5 Å². The number of carbonyl (C=O) groups is 1. The largest absolute Gasteiger partial charge is 0.399 e. The Morgan fingerprint density at radius 1 is 1.33 bits per heavy atom. The molecule has 2 rings (SSSR count). The normalized spacial score (nSPS) is 10.1. The van der Waals surface area contributed by atoms with Crippen LogP contribution < -0.4 is 11.1 Å². The predicted octanol–water partition coefficient (Wildman–Crippen LogP) is 2.27. The van der Waals surface area contributed by atoms with Crippen molar-refractivity contribution in [2.45, 2.75) is 6.92 Å². The minimum atomic E-state index is -0.295. The van der Waals surface area contributed by atoms with Gasteiger partial charge in [-0.25, -0.2) is 9.97 Å². The zero-order valence-corrected chi connectivity index (χ0v) is 10.4. The Hall–Kier alpha value is -2.14. The Morgan fingerprint density at radius 3 is 2.78 bits per heavy atom. The molecule has 0 fully saturated rings. The Labute approximate surface area is 109 Å². The maximum absolute atomic E-state index is 11.9. The van der Waals surface area contributed by atoms with Gasteiger partial charge in [-0.2, -0.15) is 0 Å². The molecule has 0 spiro atoms. The zero-order chi connectivity index (χ0) is 13.1. The van der Waals surface area contributed by atoms with Gasteiger partial charge in [0, 0.05) is 17.3 Å². The van der Waals surface area contributed by atoms with Gasteiger partial charge in [-0.1, -0.05) is 17.7 Å². The molecular weight excluding hydrogens is 252 g/mol. The van der Waals surface area contributed by atoms with E-state index >= 15 is 0 Å². The van der Waals surface area contributed by atoms with Gasteiger partial charge in [0.25, 0.3) is 5.91 Å². The van der Waals surface area contributed by atoms with Gasteiger partial charge in [0.1, 0.15) is 16.8 Å². The highest BCUT2D eigenvalue weighted by Gasteiger charge is 2.08. The molecule has 0 bridgehead atoms. The highest BCUT2D eigenvalue weighted by atomic mass is 35.5. The van der Waals surface area contributed by atoms with Crippen molar-refractivity contribution in [1.29, 1.82) is 0 Å². The summed E-state index contributed by atoms with van der Waals surface area (Å²) in [5, 5.41) is 2.92. The SMILES string of the molecule is Cc1nc(Cl)cc(NC(=O)c2cccc(N)c2)n1. The van der Waals surface area contributed by atoms with Crippen LogP contribution in [-0.4, -0.2) is 15.9 Å². The van der Waals surface area contributed by atoms with E-state index in [0.29, 0.717) is 22.9 Å². The number of rotatable bonds is 2. The zero-order valence-electron chi connectivity index (χ0n) is 9.64. The molecule has 1 aromatic heterocycles. The van der Waals surface area contributed by atoms with Crippen molar-refractivity contribution < 1.29 is 4.79 Å². The highest BCUT2D eigenvalue weighted by molar-refractivity contribution is 6.29. The third kappa shape index (κ3) is 2.95. The molecule has 0 saturated heterocycles. The summed E-state index contributed by atoms with van der Waals surface area (Å²) in [6.45, 7) is 1.70. The number of aromatic nitrogens is 2. The number of halogens is 1. The molecular formula is C12H11ClN4O. The van der Waals surface area contributed by atoms with Gasteiger partial charge >= 0.3 is 0 Å². The monoisotopic (exact) mass is 262 g/mol. The Bertz CT molecular complexity index is 580. The lowest BCUT2D eigenvalue weighted by Gasteiger charge is -2.06. The number of nitrogens with one attached hydrogen (secondary N) is 1. The molecule has 3 N–H and O–H groups in total. The first-order valence-electron chi connectivity index (χ1n) is 5.22. The van der Waals surface area contributed by atoms with Crippen molar-refractivity contribution in [1.82, 2.24) is 9.97 Å². The molecule has 92 valence electrons. The van der Waals surface area contributed by atoms with E-state index in [-0.39, 0.29) is 11.1 Å². The molecule has 0 radical (unpaired) electrons. The fourth-order valence-corrected chi connectivity index (χ4v) is 1.69. The number of anilines is 2. The number of carbonyl (C=O) groups excluding carboxylic acids is 1. The van der Waals surface area contributed by atoms with Crippen LogP contribution >= 0.6 is 11.6 Å². The lowest BCUT2D eigenvalue weighted by molar-refractivity contribution is 0.102. The quantitative estimate of drug-likeness (QED) is 0.643. The van der Waals surface area contributed by atoms with Crippen LogP contribution in [0, 0.1) is 6.92 Å². The molecule has 0 aliphatic rings. The summed E-state index contributed by atoms with van der Waals surface area (Å²) in [5.41, 5.74) is 6.60. The van der Waals surface area contributed by atoms with Gasteiger partial charge in [0.05, 0.1) is 0 Å². The van der Waals surface area contributed by atoms with Crippen molar-refractivity contribution in [2.75, 3.05) is 11.1 Å². The Morgan fingerprint density at radius 2 is 2.11 bits per heavy atom. The number of nitrogens with two attached hydrogens (primary N) is 1. The van der Waals surface area contributed by atoms with Crippen LogP contribution in [0.3, 0.4) is 0 Å². The number of nitrogens with zero attached hydrogens (tertiary/aromatic N) is 2. The number of nitrogen functional groups attached to an aromatic ring is 1. The van der Waals surface area contributed by atoms with Crippen molar-refractivity contribution in [3.8, 4) is 0 Å². The average Bonchev–Trinajstić information content (AvgIpc) is 2.27. The van der Waals surface area contributed by atoms with Crippen LogP contribution in [-0.2, 0) is 0 Å². The summed E-state index contributed by atoms with van der Waals surface area (Å²) in [4.78, 5) is 19.9. The second-order valence-electron chi connectivity index (χ2n) is 3.70. The summed E-state index contributed by atoms with van der Waals surface area (Å²) in [6, 6.07) is 8.16. The van der Waals surface area contributed by atoms with Gasteiger partial charge < -0.3 is 11.1 Å². The first-order chi connectivity index (χ1) is 8.54. The van der Waals surface area contributed by atoms with E-state index in [0.717, 1.165) is 0 Å². The minimum Gasteiger partial charge on any atom is -0.399 e. The predicted molar refractivity (Wildman–Crippen MR) is 70.6 cm³/mol. The average molecular weight is 263 g/mol. The smallest absolute Gasteiger partial charge is 0.256 e. The molecule has 1 aromatic carbocycles. The summed E-state index contributed by atoms with van der Waals surface area (Å²) in [5.74, 6) is 0.557. The summed E-state index contributed by atoms with van der Waals surface area (Å²) in [6.07, 6.45) is 0. The maximum atomic E-state index is 11.9. The topological polar surface area (TPSA) is 80.9 Å². The fraction of sp³-hybridized carbons (Fsp3) is 0.0833. The van der Waals surface area contributed by atoms with Crippen LogP contribution in [0.15, 0.2) is 30.3 Å². The first kappa shape index (κ1) is 12.3. The van der Waals surface area contributed by atoms with Crippen LogP contribution in [0.25, 0.3) is 0 Å². The Balaban J connectivity index is 2.21. The van der Waals surface area contributed by atoms with E-state index in [9.17, 15) is 4.79 Å². The van der Waals surface area contributed by atoms with Crippen molar-refractivity contribution in [2.24, 2.45) is 0 Å². The van der Waals surface area contributed by atoms with Crippen LogP contribution in [0.1, 0.15) is 16.2 Å². The molecule has 5 nitrogen and oxygen atoms in total. The molecule has 18 heavy (non-hydrogen) atoms. The van der Waals surface area contributed by atoms with E-state index in [1.165, 1.54) is 6.07 Å². The highest BCUT2D eigenvalue weighted by Crippen LogP contribution is 2.13. The molecule has 2 aromatic rings. The van der Waals surface area contributed by atoms with E-state index < -0.39 is 0 Å². The standard InChI is InChI=1S/C12H11ClN4O/c1-7-15-10(13)6-11(16-7)17-12(18)8-3-2-4-9(14)5-8/h2-6H,14H2,1H3,(H,15,16,17,18).